The van der Waals surface area contributed by atoms with E-state index in [1.165, 1.54) is 0 Å². The van der Waals surface area contributed by atoms with Gasteiger partial charge in [-0.15, -0.1) is 0 Å². The summed E-state index contributed by atoms with van der Waals surface area (Å²) in [5.74, 6) is -0.103. The monoisotopic (exact) mass is 339 g/mol. The van der Waals surface area contributed by atoms with E-state index in [1.54, 1.807) is 29.7 Å². The Kier molecular flexibility index (Phi) is 4.40. The maximum absolute atomic E-state index is 12.8. The Morgan fingerprint density at radius 3 is 2.33 bits per heavy atom. The van der Waals surface area contributed by atoms with Gasteiger partial charge < -0.3 is 4.90 Å². The van der Waals surface area contributed by atoms with Crippen LogP contribution in [0.25, 0.3) is 11.3 Å². The van der Waals surface area contributed by atoms with Crippen LogP contribution in [0, 0.1) is 6.92 Å². The number of rotatable bonds is 3. The van der Waals surface area contributed by atoms with Crippen molar-refractivity contribution in [3.8, 4) is 11.3 Å². The van der Waals surface area contributed by atoms with Gasteiger partial charge in [0.25, 0.3) is 5.91 Å². The molecule has 0 aliphatic carbocycles. The molecule has 3 aromatic rings. The largest absolute Gasteiger partial charge is 0.310 e. The first-order valence-electron chi connectivity index (χ1n) is 7.60. The fourth-order valence-electron chi connectivity index (χ4n) is 2.49. The van der Waals surface area contributed by atoms with Gasteiger partial charge in [-0.2, -0.15) is 5.10 Å². The lowest BCUT2D eigenvalue weighted by Crippen LogP contribution is -2.28. The van der Waals surface area contributed by atoms with Crippen molar-refractivity contribution in [3.05, 3.63) is 70.9 Å². The van der Waals surface area contributed by atoms with Gasteiger partial charge in [-0.1, -0.05) is 41.4 Å². The van der Waals surface area contributed by atoms with Crippen molar-refractivity contribution in [2.24, 2.45) is 7.05 Å². The predicted molar refractivity (Wildman–Crippen MR) is 97.6 cm³/mol. The summed E-state index contributed by atoms with van der Waals surface area (Å²) in [5, 5.41) is 5.12. The Labute approximate surface area is 146 Å². The summed E-state index contributed by atoms with van der Waals surface area (Å²) < 4.78 is 1.61. The van der Waals surface area contributed by atoms with Gasteiger partial charge in [-0.3, -0.25) is 9.48 Å². The van der Waals surface area contributed by atoms with E-state index in [4.69, 9.17) is 11.6 Å². The van der Waals surface area contributed by atoms with Crippen molar-refractivity contribution in [2.75, 3.05) is 11.9 Å². The molecule has 0 atom stereocenters. The molecule has 5 heteroatoms. The highest BCUT2D eigenvalue weighted by Crippen LogP contribution is 2.23. The van der Waals surface area contributed by atoms with Crippen LogP contribution in [-0.4, -0.2) is 22.7 Å². The molecule has 3 rings (SSSR count). The molecule has 0 fully saturated rings. The zero-order valence-corrected chi connectivity index (χ0v) is 14.6. The second-order valence-electron chi connectivity index (χ2n) is 5.75. The second-order valence-corrected chi connectivity index (χ2v) is 6.18. The number of benzene rings is 2. The van der Waals surface area contributed by atoms with Crippen LogP contribution in [0.5, 0.6) is 0 Å². The zero-order chi connectivity index (χ0) is 17.3. The minimum Gasteiger partial charge on any atom is -0.310 e. The molecule has 0 saturated carbocycles. The van der Waals surface area contributed by atoms with Crippen molar-refractivity contribution in [2.45, 2.75) is 6.92 Å². The molecule has 122 valence electrons. The van der Waals surface area contributed by atoms with Crippen molar-refractivity contribution in [1.82, 2.24) is 9.78 Å². The molecule has 4 nitrogen and oxygen atoms in total. The normalized spacial score (nSPS) is 10.7. The van der Waals surface area contributed by atoms with Crippen LogP contribution in [-0.2, 0) is 7.05 Å². The highest BCUT2D eigenvalue weighted by molar-refractivity contribution is 6.30. The lowest BCUT2D eigenvalue weighted by atomic mass is 10.1. The third-order valence-corrected chi connectivity index (χ3v) is 4.22. The number of aromatic nitrogens is 2. The zero-order valence-electron chi connectivity index (χ0n) is 13.8. The molecule has 0 N–H and O–H groups in total. The first-order chi connectivity index (χ1) is 11.5. The van der Waals surface area contributed by atoms with Gasteiger partial charge in [-0.25, -0.2) is 0 Å². The molecular formula is C19H18ClN3O. The summed E-state index contributed by atoms with van der Waals surface area (Å²) in [7, 11) is 3.54. The Balaban J connectivity index is 1.90. The number of aryl methyl sites for hydroxylation is 2. The SMILES string of the molecule is Cc1ccc(N(C)C(=O)c2cc(-c3ccc(Cl)cc3)nn2C)cc1. The van der Waals surface area contributed by atoms with Crippen LogP contribution >= 0.6 is 11.6 Å². The third kappa shape index (κ3) is 3.19. The van der Waals surface area contributed by atoms with Crippen molar-refractivity contribution in [3.63, 3.8) is 0 Å². The minimum atomic E-state index is -0.103. The topological polar surface area (TPSA) is 38.1 Å². The van der Waals surface area contributed by atoms with Gasteiger partial charge in [0, 0.05) is 30.4 Å². The predicted octanol–water partition coefficient (Wildman–Crippen LogP) is 4.33. The van der Waals surface area contributed by atoms with E-state index < -0.39 is 0 Å². The van der Waals surface area contributed by atoms with E-state index >= 15 is 0 Å². The van der Waals surface area contributed by atoms with Crippen molar-refractivity contribution >= 4 is 23.2 Å². The van der Waals surface area contributed by atoms with Gasteiger partial charge in [0.15, 0.2) is 0 Å². The number of carbonyl (C=O) groups is 1. The number of carbonyl (C=O) groups excluding carboxylic acids is 1. The Bertz CT molecular complexity index is 867. The first-order valence-corrected chi connectivity index (χ1v) is 7.98. The Morgan fingerprint density at radius 2 is 1.71 bits per heavy atom. The van der Waals surface area contributed by atoms with Crippen LogP contribution in [0.1, 0.15) is 16.1 Å². The van der Waals surface area contributed by atoms with E-state index in [1.807, 2.05) is 55.5 Å². The van der Waals surface area contributed by atoms with Crippen LogP contribution in [0.3, 0.4) is 0 Å². The second kappa shape index (κ2) is 6.49. The molecule has 1 aromatic heterocycles. The minimum absolute atomic E-state index is 0.103. The van der Waals surface area contributed by atoms with Gasteiger partial charge in [0.05, 0.1) is 5.69 Å². The average Bonchev–Trinajstić information content (AvgIpc) is 2.96. The van der Waals surface area contributed by atoms with E-state index in [9.17, 15) is 4.79 Å². The van der Waals surface area contributed by atoms with Gasteiger partial charge >= 0.3 is 0 Å². The molecule has 0 bridgehead atoms. The van der Waals surface area contributed by atoms with Gasteiger partial charge in [0.2, 0.25) is 0 Å². The van der Waals surface area contributed by atoms with Gasteiger partial charge in [0.1, 0.15) is 5.69 Å². The molecule has 0 radical (unpaired) electrons. The maximum Gasteiger partial charge on any atom is 0.276 e. The molecule has 0 aliphatic heterocycles. The number of anilines is 1. The van der Waals surface area contributed by atoms with Crippen LogP contribution in [0.2, 0.25) is 5.02 Å². The highest BCUT2D eigenvalue weighted by atomic mass is 35.5. The molecule has 0 spiro atoms. The summed E-state index contributed by atoms with van der Waals surface area (Å²) in [4.78, 5) is 14.4. The fraction of sp³-hybridized carbons (Fsp3) is 0.158. The highest BCUT2D eigenvalue weighted by Gasteiger charge is 2.19. The number of halogens is 1. The summed E-state index contributed by atoms with van der Waals surface area (Å²) in [6, 6.07) is 17.1. The fourth-order valence-corrected chi connectivity index (χ4v) is 2.61. The molecule has 1 amide bonds. The first kappa shape index (κ1) is 16.3. The van der Waals surface area contributed by atoms with Crippen LogP contribution in [0.15, 0.2) is 54.6 Å². The van der Waals surface area contributed by atoms with Crippen LogP contribution < -0.4 is 4.90 Å². The van der Waals surface area contributed by atoms with Crippen molar-refractivity contribution < 1.29 is 4.79 Å². The molecule has 0 saturated heterocycles. The lowest BCUT2D eigenvalue weighted by Gasteiger charge is -2.17. The number of hydrogen-bond acceptors (Lipinski definition) is 2. The van der Waals surface area contributed by atoms with E-state index in [2.05, 4.69) is 5.10 Å². The van der Waals surface area contributed by atoms with Crippen LogP contribution in [0.4, 0.5) is 5.69 Å². The smallest absolute Gasteiger partial charge is 0.276 e. The maximum atomic E-state index is 12.8. The summed E-state index contributed by atoms with van der Waals surface area (Å²) in [6.07, 6.45) is 0. The number of nitrogens with zero attached hydrogens (tertiary/aromatic N) is 3. The lowest BCUT2D eigenvalue weighted by molar-refractivity contribution is 0.0984. The van der Waals surface area contributed by atoms with Crippen molar-refractivity contribution in [1.29, 1.82) is 0 Å². The molecule has 0 unspecified atom stereocenters. The third-order valence-electron chi connectivity index (χ3n) is 3.96. The average molecular weight is 340 g/mol. The van der Waals surface area contributed by atoms with E-state index in [-0.39, 0.29) is 5.91 Å². The molecule has 0 aliphatic rings. The number of hydrogen-bond donors (Lipinski definition) is 0. The molecular weight excluding hydrogens is 322 g/mol. The molecule has 24 heavy (non-hydrogen) atoms. The Morgan fingerprint density at radius 1 is 1.08 bits per heavy atom. The quantitative estimate of drug-likeness (QED) is 0.712. The Hall–Kier alpha value is -2.59. The summed E-state index contributed by atoms with van der Waals surface area (Å²) in [5.41, 5.74) is 4.20. The van der Waals surface area contributed by atoms with E-state index in [0.717, 1.165) is 22.5 Å². The van der Waals surface area contributed by atoms with E-state index in [0.29, 0.717) is 10.7 Å². The summed E-state index contributed by atoms with van der Waals surface area (Å²) in [6.45, 7) is 2.02. The summed E-state index contributed by atoms with van der Waals surface area (Å²) >= 11 is 5.92. The number of amides is 1. The molecule has 2 aromatic carbocycles. The van der Waals surface area contributed by atoms with Gasteiger partial charge in [-0.05, 0) is 37.3 Å². The molecule has 1 heterocycles. The standard InChI is InChI=1S/C19H18ClN3O/c1-13-4-10-16(11-5-13)22(2)19(24)18-12-17(21-23(18)3)14-6-8-15(20)9-7-14/h4-12H,1-3H3.